The molecule has 0 aliphatic heterocycles. The van der Waals surface area contributed by atoms with Crippen molar-refractivity contribution in [3.05, 3.63) is 0 Å². The third-order valence-electron chi connectivity index (χ3n) is 6.97. The van der Waals surface area contributed by atoms with E-state index in [0.717, 1.165) is 35.5 Å². The number of fused-ring (bicyclic) bond motifs is 2. The minimum atomic E-state index is 0.243. The average Bonchev–Trinajstić information content (AvgIpc) is 2.34. The van der Waals surface area contributed by atoms with Crippen molar-refractivity contribution in [2.45, 2.75) is 63.8 Å². The van der Waals surface area contributed by atoms with Crippen LogP contribution in [0, 0.1) is 35.5 Å². The highest BCUT2D eigenvalue weighted by molar-refractivity contribution is 5.09. The molecular weight excluding hydrogens is 206 g/mol. The van der Waals surface area contributed by atoms with E-state index < -0.39 is 0 Å². The summed E-state index contributed by atoms with van der Waals surface area (Å²) in [5, 5.41) is 0. The van der Waals surface area contributed by atoms with Crippen LogP contribution in [0.1, 0.15) is 58.3 Å². The zero-order valence-corrected chi connectivity index (χ0v) is 11.2. The van der Waals surface area contributed by atoms with Gasteiger partial charge in [0, 0.05) is 5.54 Å². The van der Waals surface area contributed by atoms with E-state index in [-0.39, 0.29) is 5.54 Å². The molecule has 96 valence electrons. The lowest BCUT2D eigenvalue weighted by Crippen LogP contribution is -2.60. The highest BCUT2D eigenvalue weighted by Crippen LogP contribution is 2.62. The monoisotopic (exact) mass is 233 g/mol. The zero-order chi connectivity index (χ0) is 11.6. The van der Waals surface area contributed by atoms with Gasteiger partial charge in [0.2, 0.25) is 0 Å². The number of hydrogen-bond acceptors (Lipinski definition) is 1. The van der Waals surface area contributed by atoms with E-state index in [1.165, 1.54) is 38.5 Å². The van der Waals surface area contributed by atoms with Crippen molar-refractivity contribution in [1.82, 2.24) is 0 Å². The third-order valence-corrected chi connectivity index (χ3v) is 6.97. The van der Waals surface area contributed by atoms with Crippen LogP contribution in [0.15, 0.2) is 0 Å². The summed E-state index contributed by atoms with van der Waals surface area (Å²) in [4.78, 5) is 0. The highest BCUT2D eigenvalue weighted by atomic mass is 14.8. The molecule has 4 aliphatic rings. The van der Waals surface area contributed by atoms with Crippen LogP contribution in [0.4, 0.5) is 0 Å². The van der Waals surface area contributed by atoms with E-state index in [2.05, 4.69) is 6.92 Å². The minimum absolute atomic E-state index is 0.243. The average molecular weight is 233 g/mol. The topological polar surface area (TPSA) is 26.0 Å². The summed E-state index contributed by atoms with van der Waals surface area (Å²) in [5.74, 6) is 6.23. The lowest BCUT2D eigenvalue weighted by atomic mass is 9.45. The molecule has 1 heteroatoms. The van der Waals surface area contributed by atoms with E-state index >= 15 is 0 Å². The van der Waals surface area contributed by atoms with Crippen molar-refractivity contribution in [2.75, 3.05) is 0 Å². The quantitative estimate of drug-likeness (QED) is 0.736. The molecule has 0 radical (unpaired) electrons. The van der Waals surface area contributed by atoms with Crippen LogP contribution in [0.3, 0.4) is 0 Å². The fourth-order valence-corrected chi connectivity index (χ4v) is 6.44. The molecule has 0 aromatic heterocycles. The normalized spacial score (nSPS) is 60.4. The van der Waals surface area contributed by atoms with Crippen molar-refractivity contribution in [3.8, 4) is 0 Å². The summed E-state index contributed by atoms with van der Waals surface area (Å²) in [5.41, 5.74) is 7.00. The Morgan fingerprint density at radius 1 is 1.00 bits per heavy atom. The summed E-state index contributed by atoms with van der Waals surface area (Å²) in [6.45, 7) is 2.40. The highest BCUT2D eigenvalue weighted by Gasteiger charge is 2.56. The maximum absolute atomic E-state index is 6.75. The molecule has 4 fully saturated rings. The Morgan fingerprint density at radius 2 is 1.82 bits per heavy atom. The summed E-state index contributed by atoms with van der Waals surface area (Å²) >= 11 is 0. The first kappa shape index (κ1) is 10.8. The van der Waals surface area contributed by atoms with Gasteiger partial charge in [0.25, 0.3) is 0 Å². The van der Waals surface area contributed by atoms with Gasteiger partial charge in [-0.2, -0.15) is 0 Å². The Hall–Kier alpha value is -0.0400. The van der Waals surface area contributed by atoms with Crippen molar-refractivity contribution in [2.24, 2.45) is 41.2 Å². The summed E-state index contributed by atoms with van der Waals surface area (Å²) in [7, 11) is 0. The second-order valence-corrected chi connectivity index (χ2v) is 7.81. The molecule has 4 saturated carbocycles. The molecule has 4 bridgehead atoms. The van der Waals surface area contributed by atoms with Gasteiger partial charge in [-0.05, 0) is 74.0 Å². The molecule has 4 rings (SSSR count). The summed E-state index contributed by atoms with van der Waals surface area (Å²) < 4.78 is 0. The molecule has 1 nitrogen and oxygen atoms in total. The van der Waals surface area contributed by atoms with Crippen LogP contribution >= 0.6 is 0 Å². The number of nitrogens with two attached hydrogens (primary N) is 1. The molecule has 0 spiro atoms. The summed E-state index contributed by atoms with van der Waals surface area (Å²) in [6.07, 6.45) is 11.6. The molecule has 4 aliphatic carbocycles. The van der Waals surface area contributed by atoms with Gasteiger partial charge in [-0.15, -0.1) is 0 Å². The second-order valence-electron chi connectivity index (χ2n) is 7.81. The van der Waals surface area contributed by atoms with Crippen molar-refractivity contribution in [3.63, 3.8) is 0 Å². The Balaban J connectivity index is 1.73. The maximum atomic E-state index is 6.75. The largest absolute Gasteiger partial charge is 0.325 e. The van der Waals surface area contributed by atoms with Crippen LogP contribution in [0.25, 0.3) is 0 Å². The van der Waals surface area contributed by atoms with Gasteiger partial charge in [0.1, 0.15) is 0 Å². The molecule has 0 amide bonds. The summed E-state index contributed by atoms with van der Waals surface area (Å²) in [6, 6.07) is 0. The van der Waals surface area contributed by atoms with Gasteiger partial charge in [-0.1, -0.05) is 19.8 Å². The Bertz CT molecular complexity index is 316. The molecule has 7 unspecified atom stereocenters. The Morgan fingerprint density at radius 3 is 2.65 bits per heavy atom. The van der Waals surface area contributed by atoms with E-state index in [4.69, 9.17) is 5.73 Å². The Labute approximate surface area is 106 Å². The van der Waals surface area contributed by atoms with E-state index in [1.807, 2.05) is 0 Å². The maximum Gasteiger partial charge on any atom is 0.0162 e. The van der Waals surface area contributed by atoms with Gasteiger partial charge >= 0.3 is 0 Å². The van der Waals surface area contributed by atoms with Crippen LogP contribution < -0.4 is 5.73 Å². The molecule has 7 atom stereocenters. The minimum Gasteiger partial charge on any atom is -0.325 e. The van der Waals surface area contributed by atoms with Crippen molar-refractivity contribution < 1.29 is 0 Å². The molecule has 0 aromatic rings. The van der Waals surface area contributed by atoms with Gasteiger partial charge in [0.15, 0.2) is 0 Å². The van der Waals surface area contributed by atoms with Crippen LogP contribution in [-0.4, -0.2) is 5.54 Å². The van der Waals surface area contributed by atoms with E-state index in [1.54, 1.807) is 12.8 Å². The van der Waals surface area contributed by atoms with Gasteiger partial charge in [0.05, 0.1) is 0 Å². The smallest absolute Gasteiger partial charge is 0.0162 e. The van der Waals surface area contributed by atoms with Crippen LogP contribution in [0.2, 0.25) is 0 Å². The predicted octanol–water partition coefficient (Wildman–Crippen LogP) is 3.58. The fraction of sp³-hybridized carbons (Fsp3) is 1.00. The number of hydrogen-bond donors (Lipinski definition) is 1. The second kappa shape index (κ2) is 3.50. The van der Waals surface area contributed by atoms with Crippen molar-refractivity contribution >= 4 is 0 Å². The van der Waals surface area contributed by atoms with Gasteiger partial charge < -0.3 is 5.73 Å². The fourth-order valence-electron chi connectivity index (χ4n) is 6.44. The molecule has 0 heterocycles. The predicted molar refractivity (Wildman–Crippen MR) is 70.5 cm³/mol. The lowest BCUT2D eigenvalue weighted by molar-refractivity contribution is -0.101. The van der Waals surface area contributed by atoms with Gasteiger partial charge in [-0.3, -0.25) is 0 Å². The van der Waals surface area contributed by atoms with Crippen LogP contribution in [0.5, 0.6) is 0 Å². The first-order chi connectivity index (χ1) is 8.18. The molecule has 0 aromatic carbocycles. The van der Waals surface area contributed by atoms with Crippen LogP contribution in [-0.2, 0) is 0 Å². The van der Waals surface area contributed by atoms with E-state index in [0.29, 0.717) is 0 Å². The van der Waals surface area contributed by atoms with Gasteiger partial charge in [-0.25, -0.2) is 0 Å². The first-order valence-electron chi connectivity index (χ1n) is 7.97. The molecule has 17 heavy (non-hydrogen) atoms. The standard InChI is InChI=1S/C16H27N/c1-2-11-7-16(17)8-12-4-3-10-5-13(11)15(9-16)14(12)6-10/h10-15H,2-9,17H2,1H3. The molecular formula is C16H27N. The molecule has 2 N–H and O–H groups in total. The SMILES string of the molecule is CCC1CC2(N)CC3CCC4CC1C(C2)C3C4. The van der Waals surface area contributed by atoms with E-state index in [9.17, 15) is 0 Å². The zero-order valence-electron chi connectivity index (χ0n) is 11.2. The Kier molecular flexibility index (Phi) is 2.23. The third kappa shape index (κ3) is 1.47. The number of rotatable bonds is 1. The first-order valence-corrected chi connectivity index (χ1v) is 7.97. The van der Waals surface area contributed by atoms with Crippen molar-refractivity contribution in [1.29, 1.82) is 0 Å². The lowest BCUT2D eigenvalue weighted by Gasteiger charge is -2.62. The molecule has 0 saturated heterocycles.